The van der Waals surface area contributed by atoms with Gasteiger partial charge in [-0.2, -0.15) is 0 Å². The van der Waals surface area contributed by atoms with Gasteiger partial charge in [0.2, 0.25) is 0 Å². The fourth-order valence-electron chi connectivity index (χ4n) is 2.68. The number of nitrogens with zero attached hydrogens (tertiary/aromatic N) is 2. The van der Waals surface area contributed by atoms with Crippen molar-refractivity contribution in [1.82, 2.24) is 9.88 Å². The van der Waals surface area contributed by atoms with Crippen LogP contribution in [0.2, 0.25) is 0 Å². The predicted molar refractivity (Wildman–Crippen MR) is 87.9 cm³/mol. The maximum absolute atomic E-state index is 10.2. The zero-order valence-electron chi connectivity index (χ0n) is 13.2. The van der Waals surface area contributed by atoms with Gasteiger partial charge in [0.05, 0.1) is 0 Å². The van der Waals surface area contributed by atoms with E-state index < -0.39 is 12.1 Å². The van der Waals surface area contributed by atoms with E-state index in [1.54, 1.807) is 30.3 Å². The van der Waals surface area contributed by atoms with Crippen LogP contribution < -0.4 is 0 Å². The van der Waals surface area contributed by atoms with Gasteiger partial charge in [0, 0.05) is 18.4 Å². The summed E-state index contributed by atoms with van der Waals surface area (Å²) in [5, 5.41) is 17.4. The van der Waals surface area contributed by atoms with E-state index in [4.69, 9.17) is 10.2 Å². The first-order chi connectivity index (χ1) is 11.1. The van der Waals surface area contributed by atoms with Crippen molar-refractivity contribution in [3.8, 4) is 0 Å². The molecule has 2 heterocycles. The van der Waals surface area contributed by atoms with Gasteiger partial charge in [-0.15, -0.1) is 0 Å². The SMILES string of the molecule is CN1CCCC1c1cccnc1.O=C(O)[C@H](O)c1ccccc1. The van der Waals surface area contributed by atoms with Crippen molar-refractivity contribution < 1.29 is 15.0 Å². The molecule has 1 aromatic carbocycles. The Balaban J connectivity index is 0.000000168. The molecule has 1 aromatic heterocycles. The third-order valence-corrected chi connectivity index (χ3v) is 3.94. The Labute approximate surface area is 136 Å². The van der Waals surface area contributed by atoms with Crippen LogP contribution in [-0.4, -0.2) is 39.7 Å². The third kappa shape index (κ3) is 4.87. The van der Waals surface area contributed by atoms with Gasteiger partial charge in [-0.3, -0.25) is 9.88 Å². The Hall–Kier alpha value is -2.24. The number of benzene rings is 1. The van der Waals surface area contributed by atoms with Crippen molar-refractivity contribution in [2.75, 3.05) is 13.6 Å². The molecule has 5 nitrogen and oxygen atoms in total. The van der Waals surface area contributed by atoms with Crippen LogP contribution in [-0.2, 0) is 4.79 Å². The second-order valence-corrected chi connectivity index (χ2v) is 5.58. The summed E-state index contributed by atoms with van der Waals surface area (Å²) in [7, 11) is 2.19. The Morgan fingerprint density at radius 2 is 2.00 bits per heavy atom. The van der Waals surface area contributed by atoms with E-state index in [2.05, 4.69) is 23.0 Å². The minimum atomic E-state index is -1.41. The minimum Gasteiger partial charge on any atom is -0.479 e. The summed E-state index contributed by atoms with van der Waals surface area (Å²) in [4.78, 5) is 16.8. The molecular formula is C18H22N2O3. The number of likely N-dealkylation sites (tertiary alicyclic amines) is 1. The summed E-state index contributed by atoms with van der Waals surface area (Å²) >= 11 is 0. The zero-order chi connectivity index (χ0) is 16.7. The average molecular weight is 314 g/mol. The molecule has 3 rings (SSSR count). The topological polar surface area (TPSA) is 73.7 Å². The number of carboxylic acids is 1. The first-order valence-corrected chi connectivity index (χ1v) is 7.65. The van der Waals surface area contributed by atoms with Crippen LogP contribution >= 0.6 is 0 Å². The van der Waals surface area contributed by atoms with Crippen molar-refractivity contribution >= 4 is 5.97 Å². The molecule has 2 atom stereocenters. The molecular weight excluding hydrogens is 292 g/mol. The Morgan fingerprint density at radius 1 is 1.26 bits per heavy atom. The van der Waals surface area contributed by atoms with Crippen molar-refractivity contribution in [3.63, 3.8) is 0 Å². The van der Waals surface area contributed by atoms with Gasteiger partial charge in [0.15, 0.2) is 6.10 Å². The van der Waals surface area contributed by atoms with E-state index in [0.29, 0.717) is 11.6 Å². The highest BCUT2D eigenvalue weighted by Gasteiger charge is 2.22. The maximum atomic E-state index is 10.2. The van der Waals surface area contributed by atoms with Gasteiger partial charge in [-0.05, 0) is 43.6 Å². The molecule has 0 bridgehead atoms. The van der Waals surface area contributed by atoms with Crippen molar-refractivity contribution in [3.05, 3.63) is 66.0 Å². The lowest BCUT2D eigenvalue weighted by Gasteiger charge is -2.18. The number of aromatic nitrogens is 1. The molecule has 0 aliphatic carbocycles. The highest BCUT2D eigenvalue weighted by Crippen LogP contribution is 2.29. The molecule has 1 unspecified atom stereocenters. The number of aliphatic carboxylic acids is 1. The zero-order valence-corrected chi connectivity index (χ0v) is 13.2. The Morgan fingerprint density at radius 3 is 2.52 bits per heavy atom. The molecule has 1 fully saturated rings. The van der Waals surface area contributed by atoms with Crippen molar-refractivity contribution in [2.24, 2.45) is 0 Å². The van der Waals surface area contributed by atoms with Gasteiger partial charge in [-0.25, -0.2) is 4.79 Å². The number of hydrogen-bond donors (Lipinski definition) is 2. The summed E-state index contributed by atoms with van der Waals surface area (Å²) in [6.45, 7) is 1.22. The van der Waals surface area contributed by atoms with E-state index in [9.17, 15) is 4.79 Å². The van der Waals surface area contributed by atoms with Crippen LogP contribution in [0.3, 0.4) is 0 Å². The quantitative estimate of drug-likeness (QED) is 0.911. The molecule has 1 saturated heterocycles. The summed E-state index contributed by atoms with van der Waals surface area (Å²) in [5.41, 5.74) is 1.76. The third-order valence-electron chi connectivity index (χ3n) is 3.94. The Kier molecular flexibility index (Phi) is 6.26. The van der Waals surface area contributed by atoms with Gasteiger partial charge in [0.1, 0.15) is 0 Å². The van der Waals surface area contributed by atoms with E-state index in [0.717, 1.165) is 0 Å². The minimum absolute atomic E-state index is 0.403. The molecule has 122 valence electrons. The monoisotopic (exact) mass is 314 g/mol. The Bertz CT molecular complexity index is 604. The number of hydrogen-bond acceptors (Lipinski definition) is 4. The standard InChI is InChI=1S/C10H14N2.C8H8O3/c1-12-7-3-5-10(12)9-4-2-6-11-8-9;9-7(8(10)11)6-4-2-1-3-5-6/h2,4,6,8,10H,3,5,7H2,1H3;1-5,7,9H,(H,10,11)/t;7-/m.1/s1. The molecule has 1 aliphatic rings. The molecule has 0 radical (unpaired) electrons. The average Bonchev–Trinajstić information content (AvgIpc) is 3.02. The van der Waals surface area contributed by atoms with Gasteiger partial charge in [-0.1, -0.05) is 36.4 Å². The fraction of sp³-hybridized carbons (Fsp3) is 0.333. The first kappa shape index (κ1) is 17.1. The van der Waals surface area contributed by atoms with Crippen molar-refractivity contribution in [2.45, 2.75) is 25.0 Å². The first-order valence-electron chi connectivity index (χ1n) is 7.65. The number of carbonyl (C=O) groups is 1. The van der Waals surface area contributed by atoms with Gasteiger partial charge < -0.3 is 10.2 Å². The molecule has 0 spiro atoms. The molecule has 2 aromatic rings. The second-order valence-electron chi connectivity index (χ2n) is 5.58. The summed E-state index contributed by atoms with van der Waals surface area (Å²) in [6, 6.07) is 13.1. The molecule has 1 aliphatic heterocycles. The lowest BCUT2D eigenvalue weighted by atomic mass is 10.1. The number of carboxylic acid groups (broad SMARTS) is 1. The van der Waals surface area contributed by atoms with Crippen LogP contribution in [0.1, 0.15) is 36.1 Å². The fourth-order valence-corrected chi connectivity index (χ4v) is 2.68. The highest BCUT2D eigenvalue weighted by atomic mass is 16.4. The molecule has 2 N–H and O–H groups in total. The largest absolute Gasteiger partial charge is 0.479 e. The van der Waals surface area contributed by atoms with Crippen LogP contribution in [0.5, 0.6) is 0 Å². The number of pyridine rings is 1. The molecule has 0 amide bonds. The van der Waals surface area contributed by atoms with E-state index >= 15 is 0 Å². The van der Waals surface area contributed by atoms with E-state index in [1.807, 2.05) is 18.5 Å². The van der Waals surface area contributed by atoms with E-state index in [-0.39, 0.29) is 0 Å². The summed E-state index contributed by atoms with van der Waals surface area (Å²) in [6.07, 6.45) is 5.00. The van der Waals surface area contributed by atoms with Gasteiger partial charge in [0.25, 0.3) is 0 Å². The van der Waals surface area contributed by atoms with Crippen LogP contribution in [0, 0.1) is 0 Å². The molecule has 23 heavy (non-hydrogen) atoms. The normalized spacial score (nSPS) is 18.8. The lowest BCUT2D eigenvalue weighted by molar-refractivity contribution is -0.146. The number of aliphatic hydroxyl groups excluding tert-OH is 1. The maximum Gasteiger partial charge on any atom is 0.337 e. The predicted octanol–water partition coefficient (Wildman–Crippen LogP) is 2.65. The highest BCUT2D eigenvalue weighted by molar-refractivity contribution is 5.73. The van der Waals surface area contributed by atoms with E-state index in [1.165, 1.54) is 24.9 Å². The van der Waals surface area contributed by atoms with Crippen LogP contribution in [0.15, 0.2) is 54.9 Å². The van der Waals surface area contributed by atoms with Crippen LogP contribution in [0.25, 0.3) is 0 Å². The van der Waals surface area contributed by atoms with Crippen LogP contribution in [0.4, 0.5) is 0 Å². The molecule has 0 saturated carbocycles. The van der Waals surface area contributed by atoms with Gasteiger partial charge >= 0.3 is 5.97 Å². The lowest BCUT2D eigenvalue weighted by Crippen LogP contribution is -2.17. The number of rotatable bonds is 3. The van der Waals surface area contributed by atoms with Crippen molar-refractivity contribution in [1.29, 1.82) is 0 Å². The summed E-state index contributed by atoms with van der Waals surface area (Å²) < 4.78 is 0. The second kappa shape index (κ2) is 8.41. The smallest absolute Gasteiger partial charge is 0.337 e. The summed E-state index contributed by atoms with van der Waals surface area (Å²) in [5.74, 6) is -1.23. The molecule has 5 heteroatoms. The number of aliphatic hydroxyl groups is 1.